The highest BCUT2D eigenvalue weighted by Gasteiger charge is 2.23. The van der Waals surface area contributed by atoms with E-state index in [-0.39, 0.29) is 11.6 Å². The number of aromatic nitrogens is 8. The Hall–Kier alpha value is -6.92. The van der Waals surface area contributed by atoms with Gasteiger partial charge in [0.15, 0.2) is 0 Å². The van der Waals surface area contributed by atoms with Gasteiger partial charge in [0.1, 0.15) is 46.5 Å². The second-order valence-electron chi connectivity index (χ2n) is 12.9. The van der Waals surface area contributed by atoms with Crippen LogP contribution in [0.2, 0.25) is 0 Å². The molecular weight excluding hydrogens is 671 g/mol. The monoisotopic (exact) mass is 702 g/mol. The first-order chi connectivity index (χ1) is 25.9. The highest BCUT2D eigenvalue weighted by atomic mass is 19.1. The van der Waals surface area contributed by atoms with Gasteiger partial charge in [0.2, 0.25) is 0 Å². The smallest absolute Gasteiger partial charge is 0.144 e. The molecule has 1 fully saturated rings. The number of rotatable bonds is 7. The lowest BCUT2D eigenvalue weighted by Crippen LogP contribution is -2.18. The predicted octanol–water partition coefficient (Wildman–Crippen LogP) is 8.57. The summed E-state index contributed by atoms with van der Waals surface area (Å²) in [4.78, 5) is 17.7. The van der Waals surface area contributed by atoms with Crippen molar-refractivity contribution in [3.05, 3.63) is 133 Å². The number of aryl methyl sites for hydroxylation is 1. The summed E-state index contributed by atoms with van der Waals surface area (Å²) in [6.07, 6.45) is 14.4. The number of nitriles is 2. The van der Waals surface area contributed by atoms with Gasteiger partial charge in [-0.15, -0.1) is 0 Å². The molecule has 6 aromatic heterocycles. The minimum atomic E-state index is -0.279. The van der Waals surface area contributed by atoms with Crippen molar-refractivity contribution in [3.8, 4) is 57.2 Å². The summed E-state index contributed by atoms with van der Waals surface area (Å²) >= 11 is 0. The van der Waals surface area contributed by atoms with Crippen LogP contribution < -0.4 is 0 Å². The van der Waals surface area contributed by atoms with E-state index in [2.05, 4.69) is 36.6 Å². The number of halogens is 2. The quantitative estimate of drug-likeness (QED) is 0.164. The van der Waals surface area contributed by atoms with Crippen molar-refractivity contribution in [3.63, 3.8) is 0 Å². The van der Waals surface area contributed by atoms with Crippen LogP contribution in [-0.2, 0) is 13.1 Å². The molecule has 1 saturated carbocycles. The molecule has 0 saturated heterocycles. The van der Waals surface area contributed by atoms with Crippen molar-refractivity contribution in [1.29, 1.82) is 10.5 Å². The second-order valence-corrected chi connectivity index (χ2v) is 12.9. The van der Waals surface area contributed by atoms with Crippen LogP contribution in [0.4, 0.5) is 8.78 Å². The normalized spacial score (nSPS) is 12.6. The van der Waals surface area contributed by atoms with Crippen molar-refractivity contribution < 1.29 is 8.78 Å². The van der Waals surface area contributed by atoms with E-state index in [1.807, 2.05) is 54.5 Å². The number of hydrogen-bond acceptors (Lipinski definition) is 6. The molecule has 0 bridgehead atoms. The molecule has 0 N–H and O–H groups in total. The number of fused-ring (bicyclic) bond motifs is 2. The molecule has 0 amide bonds. The summed E-state index contributed by atoms with van der Waals surface area (Å²) < 4.78 is 34.4. The zero-order valence-corrected chi connectivity index (χ0v) is 28.7. The molecule has 6 heterocycles. The van der Waals surface area contributed by atoms with Crippen LogP contribution >= 0.6 is 0 Å². The van der Waals surface area contributed by atoms with Gasteiger partial charge in [-0.3, -0.25) is 8.80 Å². The standard InChI is InChI=1S/C22H18FN5.C19H14FN5/c23-18-7-4-16(5-8-18)21-22(27(14-26-21)12-15-2-1-3-15)17-6-9-20-25-11-19(10-24)28(20)13-17;1-2-24-12-23-18(13-3-6-15(20)7-4-13)19(24)14-5-8-17-22-10-16(9-21)25(17)11-14/h4-9,11,13-15H,1-3,12H2;3-8,10-12H,2H2,1H3. The molecule has 0 aliphatic heterocycles. The Bertz CT molecular complexity index is 2660. The molecular formula is C41H32F2N10. The van der Waals surface area contributed by atoms with Gasteiger partial charge in [-0.25, -0.2) is 28.7 Å². The predicted molar refractivity (Wildman–Crippen MR) is 196 cm³/mol. The fraction of sp³-hybridized carbons (Fsp3) is 0.171. The van der Waals surface area contributed by atoms with Crippen LogP contribution in [0, 0.1) is 40.2 Å². The van der Waals surface area contributed by atoms with Crippen molar-refractivity contribution in [2.75, 3.05) is 0 Å². The molecule has 53 heavy (non-hydrogen) atoms. The van der Waals surface area contributed by atoms with Crippen LogP contribution in [0.3, 0.4) is 0 Å². The topological polar surface area (TPSA) is 118 Å². The molecule has 9 rings (SSSR count). The lowest BCUT2D eigenvalue weighted by atomic mass is 9.85. The van der Waals surface area contributed by atoms with Crippen LogP contribution in [0.5, 0.6) is 0 Å². The number of benzene rings is 2. The molecule has 1 aliphatic carbocycles. The van der Waals surface area contributed by atoms with Gasteiger partial charge in [0.05, 0.1) is 47.8 Å². The summed E-state index contributed by atoms with van der Waals surface area (Å²) in [7, 11) is 0. The molecule has 260 valence electrons. The van der Waals surface area contributed by atoms with E-state index in [0.717, 1.165) is 63.8 Å². The summed E-state index contributed by atoms with van der Waals surface area (Å²) in [6.45, 7) is 3.70. The third-order valence-electron chi connectivity index (χ3n) is 9.72. The minimum absolute atomic E-state index is 0.266. The summed E-state index contributed by atoms with van der Waals surface area (Å²) in [6, 6.07) is 24.8. The minimum Gasteiger partial charge on any atom is -0.330 e. The van der Waals surface area contributed by atoms with Gasteiger partial charge >= 0.3 is 0 Å². The van der Waals surface area contributed by atoms with Gasteiger partial charge in [-0.2, -0.15) is 10.5 Å². The van der Waals surface area contributed by atoms with Crippen LogP contribution in [0.1, 0.15) is 37.6 Å². The first kappa shape index (κ1) is 33.2. The third kappa shape index (κ3) is 6.32. The Labute approximate surface area is 303 Å². The van der Waals surface area contributed by atoms with Crippen LogP contribution in [0.25, 0.3) is 56.3 Å². The fourth-order valence-electron chi connectivity index (χ4n) is 6.75. The zero-order valence-electron chi connectivity index (χ0n) is 28.7. The maximum absolute atomic E-state index is 13.4. The third-order valence-corrected chi connectivity index (χ3v) is 9.72. The number of nitrogens with zero attached hydrogens (tertiary/aromatic N) is 10. The molecule has 10 nitrogen and oxygen atoms in total. The highest BCUT2D eigenvalue weighted by Crippen LogP contribution is 2.36. The summed E-state index contributed by atoms with van der Waals surface area (Å²) in [5.74, 6) is 0.122. The van der Waals surface area contributed by atoms with Gasteiger partial charge in [0.25, 0.3) is 0 Å². The molecule has 0 radical (unpaired) electrons. The van der Waals surface area contributed by atoms with E-state index in [0.29, 0.717) is 23.0 Å². The lowest BCUT2D eigenvalue weighted by Gasteiger charge is -2.26. The number of imidazole rings is 4. The molecule has 1 aliphatic rings. The Morgan fingerprint density at radius 3 is 1.51 bits per heavy atom. The summed E-state index contributed by atoms with van der Waals surface area (Å²) in [5, 5.41) is 18.6. The second kappa shape index (κ2) is 14.0. The molecule has 0 unspecified atom stereocenters. The molecule has 0 atom stereocenters. The van der Waals surface area contributed by atoms with E-state index in [1.165, 1.54) is 43.5 Å². The first-order valence-corrected chi connectivity index (χ1v) is 17.3. The highest BCUT2D eigenvalue weighted by molar-refractivity contribution is 5.80. The van der Waals surface area contributed by atoms with Crippen molar-refractivity contribution in [2.45, 2.75) is 39.3 Å². The van der Waals surface area contributed by atoms with E-state index < -0.39 is 0 Å². The zero-order chi connectivity index (χ0) is 36.5. The Kier molecular flexibility index (Phi) is 8.78. The molecule has 0 spiro atoms. The number of pyridine rings is 2. The first-order valence-electron chi connectivity index (χ1n) is 17.3. The van der Waals surface area contributed by atoms with E-state index in [1.54, 1.807) is 51.8 Å². The Balaban J connectivity index is 0.000000152. The maximum Gasteiger partial charge on any atom is 0.144 e. The van der Waals surface area contributed by atoms with Crippen LogP contribution in [0.15, 0.2) is 110 Å². The molecule has 12 heteroatoms. The maximum atomic E-state index is 13.4. The Morgan fingerprint density at radius 2 is 1.08 bits per heavy atom. The van der Waals surface area contributed by atoms with E-state index in [4.69, 9.17) is 0 Å². The van der Waals surface area contributed by atoms with Gasteiger partial charge in [-0.1, -0.05) is 6.42 Å². The van der Waals surface area contributed by atoms with Crippen molar-refractivity contribution in [2.24, 2.45) is 5.92 Å². The van der Waals surface area contributed by atoms with Crippen molar-refractivity contribution in [1.82, 2.24) is 37.9 Å². The molecule has 2 aromatic carbocycles. The fourth-order valence-corrected chi connectivity index (χ4v) is 6.75. The van der Waals surface area contributed by atoms with Crippen molar-refractivity contribution >= 4 is 11.3 Å². The molecule has 8 aromatic rings. The van der Waals surface area contributed by atoms with Gasteiger partial charge in [0, 0.05) is 47.7 Å². The summed E-state index contributed by atoms with van der Waals surface area (Å²) in [5.41, 5.74) is 9.50. The van der Waals surface area contributed by atoms with Crippen LogP contribution in [-0.4, -0.2) is 37.9 Å². The largest absolute Gasteiger partial charge is 0.330 e. The average molecular weight is 703 g/mol. The van der Waals surface area contributed by atoms with E-state index in [9.17, 15) is 19.3 Å². The average Bonchev–Trinajstić information content (AvgIpc) is 3.98. The number of hydrogen-bond donors (Lipinski definition) is 0. The van der Waals surface area contributed by atoms with Gasteiger partial charge < -0.3 is 9.13 Å². The van der Waals surface area contributed by atoms with E-state index >= 15 is 0 Å². The SMILES string of the molecule is CCn1cnc(-c2ccc(F)cc2)c1-c1ccc2ncc(C#N)n2c1.N#Cc1cnc2ccc(-c3c(-c4ccc(F)cc4)ncn3CC3CCC3)cn12. The Morgan fingerprint density at radius 1 is 0.623 bits per heavy atom. The lowest BCUT2D eigenvalue weighted by molar-refractivity contribution is 0.277. The van der Waals surface area contributed by atoms with Gasteiger partial charge in [-0.05, 0) is 98.5 Å².